The van der Waals surface area contributed by atoms with Crippen molar-refractivity contribution >= 4 is 40.3 Å². The van der Waals surface area contributed by atoms with Crippen LogP contribution in [0.15, 0.2) is 54.7 Å². The third-order valence-electron chi connectivity index (χ3n) is 19.0. The number of aromatic nitrogens is 2. The second-order valence-corrected chi connectivity index (χ2v) is 26.2. The average molecular weight is 1120 g/mol. The molecule has 12 rings (SSSR count). The van der Waals surface area contributed by atoms with Crippen molar-refractivity contribution in [1.82, 2.24) is 45.3 Å². The Bertz CT molecular complexity index is 3060. The molecule has 2 aromatic carbocycles. The number of likely N-dealkylation sites (tertiary alicyclic amines) is 2. The number of hydrogen-bond acceptors (Lipinski definition) is 12. The number of hydrogen-bond donors (Lipinski definition) is 3. The number of pyridine rings is 1. The molecule has 0 radical (unpaired) electrons. The molecule has 6 bridgehead atoms. The largest absolute Gasteiger partial charge is 0.464 e. The molecule has 2 aliphatic carbocycles. The van der Waals surface area contributed by atoms with Gasteiger partial charge in [0.2, 0.25) is 11.8 Å². The molecule has 436 valence electrons. The zero-order valence-corrected chi connectivity index (χ0v) is 48.0. The first-order valence-corrected chi connectivity index (χ1v) is 29.9. The van der Waals surface area contributed by atoms with Gasteiger partial charge in [0.25, 0.3) is 5.91 Å². The number of rotatable bonds is 12. The van der Waals surface area contributed by atoms with Gasteiger partial charge in [0.05, 0.1) is 42.0 Å². The standard InChI is InChI=1S/C62H81F3N10O6/c1-37(2)54(72-21-18-61(33-72)19-22-73(34-61)58(78)53-52(68-53)40-12-13-40)56(76)67-49-28-39-9-7-10-41(27-39)42-14-17-50-45(29-42)47(31-60(4,5)36-81-59(79)48-11-8-20-75(69-48)57(49)77)55(74(50)35-62(63,64)65)46-30-44(32-66-51(46)38(3)80-6)71-25-23-70(24-26-71)43-15-16-43/h7,9-10,14,17,27,29-30,32,37-38,40,43,48-49,52-54,68-69H,8,11-13,15-16,18-26,28,31,33-36H2,1-6H3,(H,67,76)/t38-,48-,49-,52+,53+,54-,61-/m0/s1. The Labute approximate surface area is 473 Å². The minimum Gasteiger partial charge on any atom is -0.464 e. The number of carbonyl (C=O) groups excluding carboxylic acids is 4. The fourth-order valence-electron chi connectivity index (χ4n) is 14.2. The summed E-state index contributed by atoms with van der Waals surface area (Å²) in [5.74, 6) is -0.445. The summed E-state index contributed by atoms with van der Waals surface area (Å²) in [5.41, 5.74) is 7.98. The normalized spacial score (nSPS) is 27.5. The molecule has 16 nitrogen and oxygen atoms in total. The molecule has 8 aliphatic rings. The predicted molar refractivity (Wildman–Crippen MR) is 303 cm³/mol. The molecule has 5 saturated heterocycles. The van der Waals surface area contributed by atoms with Crippen molar-refractivity contribution in [1.29, 1.82) is 0 Å². The first-order chi connectivity index (χ1) is 38.7. The number of esters is 1. The molecular weight excluding hydrogens is 1040 g/mol. The van der Waals surface area contributed by atoms with Crippen LogP contribution in [0.2, 0.25) is 0 Å². The number of hydrazine groups is 1. The second-order valence-electron chi connectivity index (χ2n) is 26.2. The van der Waals surface area contributed by atoms with E-state index in [0.29, 0.717) is 97.0 Å². The van der Waals surface area contributed by atoms with Crippen LogP contribution in [0.5, 0.6) is 0 Å². The smallest absolute Gasteiger partial charge is 0.406 e. The number of fused-ring (bicyclic) bond motifs is 6. The van der Waals surface area contributed by atoms with Crippen LogP contribution < -0.4 is 21.0 Å². The van der Waals surface area contributed by atoms with E-state index in [4.69, 9.17) is 14.5 Å². The van der Waals surface area contributed by atoms with Crippen LogP contribution >= 0.6 is 0 Å². The number of nitrogens with zero attached hydrogens (tertiary/aromatic N) is 7. The lowest BCUT2D eigenvalue weighted by atomic mass is 9.84. The number of cyclic esters (lactones) is 1. The summed E-state index contributed by atoms with van der Waals surface area (Å²) < 4.78 is 59.1. The molecule has 0 unspecified atom stereocenters. The van der Waals surface area contributed by atoms with Crippen molar-refractivity contribution < 1.29 is 41.8 Å². The first kappa shape index (κ1) is 55.9. The van der Waals surface area contributed by atoms with E-state index < -0.39 is 48.3 Å². The quantitative estimate of drug-likeness (QED) is 0.0961. The molecule has 19 heteroatoms. The second kappa shape index (κ2) is 21.9. The lowest BCUT2D eigenvalue weighted by Gasteiger charge is -2.37. The van der Waals surface area contributed by atoms with Gasteiger partial charge in [-0.15, -0.1) is 0 Å². The van der Waals surface area contributed by atoms with Crippen LogP contribution in [0.3, 0.4) is 0 Å². The van der Waals surface area contributed by atoms with Crippen LogP contribution in [-0.2, 0) is 48.0 Å². The number of carbonyl (C=O) groups is 4. The highest BCUT2D eigenvalue weighted by Crippen LogP contribution is 2.46. The van der Waals surface area contributed by atoms with Gasteiger partial charge >= 0.3 is 12.1 Å². The molecule has 3 amide bonds. The van der Waals surface area contributed by atoms with Gasteiger partial charge in [-0.05, 0) is 124 Å². The number of amides is 3. The summed E-state index contributed by atoms with van der Waals surface area (Å²) in [6.07, 6.45) is 4.52. The topological polar surface area (TPSA) is 167 Å². The number of benzene rings is 2. The van der Waals surface area contributed by atoms with E-state index in [1.165, 1.54) is 35.3 Å². The van der Waals surface area contributed by atoms with Gasteiger partial charge in [0.1, 0.15) is 24.7 Å². The highest BCUT2D eigenvalue weighted by molar-refractivity contribution is 5.96. The van der Waals surface area contributed by atoms with E-state index >= 15 is 18.0 Å². The van der Waals surface area contributed by atoms with E-state index in [-0.39, 0.29) is 54.5 Å². The van der Waals surface area contributed by atoms with E-state index in [2.05, 4.69) is 30.8 Å². The molecule has 2 aromatic heterocycles. The van der Waals surface area contributed by atoms with Crippen LogP contribution in [-0.4, -0.2) is 168 Å². The van der Waals surface area contributed by atoms with Gasteiger partial charge in [-0.3, -0.25) is 44.3 Å². The van der Waals surface area contributed by atoms with Crippen LogP contribution in [0.1, 0.15) is 109 Å². The van der Waals surface area contributed by atoms with Gasteiger partial charge in [-0.1, -0.05) is 58.0 Å². The number of nitrogens with one attached hydrogen (secondary N) is 3. The maximum atomic E-state index is 15.2. The Morgan fingerprint density at radius 3 is 2.41 bits per heavy atom. The third kappa shape index (κ3) is 11.7. The van der Waals surface area contributed by atoms with Gasteiger partial charge in [-0.2, -0.15) is 13.2 Å². The molecule has 4 aromatic rings. The Kier molecular flexibility index (Phi) is 15.1. The van der Waals surface area contributed by atoms with Crippen LogP contribution in [0.25, 0.3) is 33.3 Å². The minimum atomic E-state index is -4.60. The van der Waals surface area contributed by atoms with Crippen molar-refractivity contribution in [3.8, 4) is 22.4 Å². The van der Waals surface area contributed by atoms with Gasteiger partial charge in [0.15, 0.2) is 0 Å². The molecule has 81 heavy (non-hydrogen) atoms. The molecule has 1 spiro atoms. The van der Waals surface area contributed by atoms with Gasteiger partial charge in [0, 0.05) is 105 Å². The number of ether oxygens (including phenoxy) is 2. The summed E-state index contributed by atoms with van der Waals surface area (Å²) >= 11 is 0. The molecule has 6 aliphatic heterocycles. The molecule has 8 heterocycles. The Hall–Kier alpha value is -5.60. The highest BCUT2D eigenvalue weighted by Gasteiger charge is 2.55. The van der Waals surface area contributed by atoms with E-state index in [0.717, 1.165) is 61.4 Å². The van der Waals surface area contributed by atoms with Crippen molar-refractivity contribution in [3.63, 3.8) is 0 Å². The Balaban J connectivity index is 0.892. The van der Waals surface area contributed by atoms with Crippen LogP contribution in [0, 0.1) is 22.7 Å². The summed E-state index contributed by atoms with van der Waals surface area (Å²) in [7, 11) is 1.58. The van der Waals surface area contributed by atoms with Crippen molar-refractivity contribution in [2.75, 3.05) is 77.5 Å². The number of piperazine rings is 1. The number of anilines is 1. The average Bonchev–Trinajstić information content (AvgIpc) is 4.34. The fraction of sp³-hybridized carbons (Fsp3) is 0.629. The van der Waals surface area contributed by atoms with Crippen molar-refractivity contribution in [3.05, 3.63) is 71.5 Å². The lowest BCUT2D eigenvalue weighted by molar-refractivity contribution is -0.155. The minimum absolute atomic E-state index is 0.0595. The SMILES string of the molecule is CO[C@@H](C)c1ncc(N2CCN(C3CC3)CC2)cc1-c1c2c3cc(ccc3n1CC(F)(F)F)-c1cccc(c1)C[C@H](NC(=O)[C@H](C(C)C)N1CC[C@]3(CCN(C(=O)[C@@H]4N[C@@H]4C4CC4)C3)C1)C(=O)N1CCC[C@H](N1)C(=O)OCC(C)(C)C2. The van der Waals surface area contributed by atoms with Crippen molar-refractivity contribution in [2.45, 2.75) is 154 Å². The van der Waals surface area contributed by atoms with Crippen LogP contribution in [0.4, 0.5) is 18.9 Å². The summed E-state index contributed by atoms with van der Waals surface area (Å²) in [4.78, 5) is 71.9. The first-order valence-electron chi connectivity index (χ1n) is 29.9. The Morgan fingerprint density at radius 1 is 0.914 bits per heavy atom. The van der Waals surface area contributed by atoms with Crippen molar-refractivity contribution in [2.24, 2.45) is 22.7 Å². The zero-order valence-electron chi connectivity index (χ0n) is 48.0. The summed E-state index contributed by atoms with van der Waals surface area (Å²) in [6.45, 7) is 14.9. The lowest BCUT2D eigenvalue weighted by Crippen LogP contribution is -2.62. The molecule has 3 N–H and O–H groups in total. The third-order valence-corrected chi connectivity index (χ3v) is 19.0. The van der Waals surface area contributed by atoms with Gasteiger partial charge in [-0.25, -0.2) is 5.43 Å². The van der Waals surface area contributed by atoms with E-state index in [1.54, 1.807) is 13.2 Å². The predicted octanol–water partition coefficient (Wildman–Crippen LogP) is 7.27. The summed E-state index contributed by atoms with van der Waals surface area (Å²) in [5, 5.41) is 8.75. The number of halogens is 3. The number of methoxy groups -OCH3 is 1. The zero-order chi connectivity index (χ0) is 56.7. The summed E-state index contributed by atoms with van der Waals surface area (Å²) in [6, 6.07) is 13.8. The Morgan fingerprint density at radius 2 is 1.68 bits per heavy atom. The van der Waals surface area contributed by atoms with E-state index in [9.17, 15) is 14.4 Å². The van der Waals surface area contributed by atoms with Gasteiger partial charge < -0.3 is 29.2 Å². The highest BCUT2D eigenvalue weighted by atomic mass is 19.4. The monoisotopic (exact) mass is 1120 g/mol. The van der Waals surface area contributed by atoms with E-state index in [1.807, 2.05) is 88.2 Å². The molecule has 2 saturated carbocycles. The maximum absolute atomic E-state index is 15.2. The fourth-order valence-corrected chi connectivity index (χ4v) is 14.2. The molecular formula is C62H81F3N10O6. The molecule has 7 fully saturated rings. The maximum Gasteiger partial charge on any atom is 0.406 e. The number of alkyl halides is 3. The molecule has 7 atom stereocenters.